The van der Waals surface area contributed by atoms with Crippen molar-refractivity contribution in [1.82, 2.24) is 9.88 Å². The van der Waals surface area contributed by atoms with E-state index < -0.39 is 0 Å². The van der Waals surface area contributed by atoms with Gasteiger partial charge in [0, 0.05) is 31.0 Å². The third-order valence-electron chi connectivity index (χ3n) is 3.05. The van der Waals surface area contributed by atoms with Gasteiger partial charge in [0.1, 0.15) is 5.75 Å². The molecule has 102 valence electrons. The molecule has 2 rings (SSSR count). The molecule has 0 radical (unpaired) electrons. The molecule has 0 unspecified atom stereocenters. The van der Waals surface area contributed by atoms with Crippen LogP contribution in [0.2, 0.25) is 0 Å². The van der Waals surface area contributed by atoms with Crippen molar-refractivity contribution < 1.29 is 4.74 Å². The predicted octanol–water partition coefficient (Wildman–Crippen LogP) is 2.59. The molecule has 0 bridgehead atoms. The molecule has 0 spiro atoms. The highest BCUT2D eigenvalue weighted by Crippen LogP contribution is 2.21. The Hall–Kier alpha value is -2.38. The van der Waals surface area contributed by atoms with Gasteiger partial charge in [-0.05, 0) is 42.9 Å². The summed E-state index contributed by atoms with van der Waals surface area (Å²) in [6.45, 7) is 1.55. The average molecular weight is 267 g/mol. The van der Waals surface area contributed by atoms with Gasteiger partial charge in [0.2, 0.25) is 0 Å². The largest absolute Gasteiger partial charge is 0.496 e. The van der Waals surface area contributed by atoms with Crippen molar-refractivity contribution in [1.29, 1.82) is 5.26 Å². The molecule has 1 aromatic carbocycles. The molecular weight excluding hydrogens is 250 g/mol. The Kier molecular flexibility index (Phi) is 4.70. The third-order valence-corrected chi connectivity index (χ3v) is 3.05. The minimum Gasteiger partial charge on any atom is -0.496 e. The summed E-state index contributed by atoms with van der Waals surface area (Å²) in [5, 5.41) is 8.98. The number of methoxy groups -OCH3 is 1. The lowest BCUT2D eigenvalue weighted by Gasteiger charge is -2.18. The Labute approximate surface area is 119 Å². The Morgan fingerprint density at radius 3 is 2.60 bits per heavy atom. The normalized spacial score (nSPS) is 10.3. The van der Waals surface area contributed by atoms with Crippen molar-refractivity contribution in [2.75, 3.05) is 14.2 Å². The number of ether oxygens (including phenoxy) is 1. The Balaban J connectivity index is 2.11. The summed E-state index contributed by atoms with van der Waals surface area (Å²) in [7, 11) is 3.69. The van der Waals surface area contributed by atoms with Gasteiger partial charge in [0.05, 0.1) is 18.7 Å². The van der Waals surface area contributed by atoms with Crippen LogP contribution in [0.3, 0.4) is 0 Å². The van der Waals surface area contributed by atoms with Crippen LogP contribution in [-0.4, -0.2) is 24.0 Å². The number of nitrogens with zero attached hydrogens (tertiary/aromatic N) is 3. The van der Waals surface area contributed by atoms with Crippen molar-refractivity contribution in [2.24, 2.45) is 0 Å². The zero-order chi connectivity index (χ0) is 14.4. The number of rotatable bonds is 5. The van der Waals surface area contributed by atoms with Crippen molar-refractivity contribution in [3.05, 3.63) is 59.4 Å². The number of aromatic nitrogens is 1. The Morgan fingerprint density at radius 1 is 1.20 bits per heavy atom. The lowest BCUT2D eigenvalue weighted by Crippen LogP contribution is -2.17. The molecule has 0 atom stereocenters. The van der Waals surface area contributed by atoms with E-state index in [-0.39, 0.29) is 0 Å². The zero-order valence-corrected chi connectivity index (χ0v) is 11.7. The van der Waals surface area contributed by atoms with Crippen LogP contribution in [0.1, 0.15) is 16.7 Å². The van der Waals surface area contributed by atoms with E-state index in [0.29, 0.717) is 5.56 Å². The smallest absolute Gasteiger partial charge is 0.123 e. The van der Waals surface area contributed by atoms with E-state index in [1.165, 1.54) is 5.56 Å². The van der Waals surface area contributed by atoms with E-state index in [1.54, 1.807) is 25.6 Å². The standard InChI is InChI=1S/C16H17N3O/c1-19(11-13-5-7-18-8-6-13)12-15-9-14(10-17)3-4-16(15)20-2/h3-9H,11-12H2,1-2H3. The maximum Gasteiger partial charge on any atom is 0.123 e. The van der Waals surface area contributed by atoms with Crippen molar-refractivity contribution in [3.8, 4) is 11.8 Å². The minimum atomic E-state index is 0.651. The topological polar surface area (TPSA) is 49.1 Å². The highest BCUT2D eigenvalue weighted by atomic mass is 16.5. The van der Waals surface area contributed by atoms with Gasteiger partial charge in [-0.15, -0.1) is 0 Å². The van der Waals surface area contributed by atoms with Gasteiger partial charge in [-0.25, -0.2) is 0 Å². The van der Waals surface area contributed by atoms with E-state index in [9.17, 15) is 0 Å². The number of pyridine rings is 1. The van der Waals surface area contributed by atoms with Crippen LogP contribution >= 0.6 is 0 Å². The summed E-state index contributed by atoms with van der Waals surface area (Å²) in [5.74, 6) is 0.811. The average Bonchev–Trinajstić information content (AvgIpc) is 2.48. The monoisotopic (exact) mass is 267 g/mol. The van der Waals surface area contributed by atoms with Crippen molar-refractivity contribution >= 4 is 0 Å². The summed E-state index contributed by atoms with van der Waals surface area (Å²) in [5.41, 5.74) is 2.87. The predicted molar refractivity (Wildman–Crippen MR) is 77.1 cm³/mol. The Morgan fingerprint density at radius 2 is 1.95 bits per heavy atom. The number of benzene rings is 1. The molecule has 20 heavy (non-hydrogen) atoms. The van der Waals surface area contributed by atoms with Gasteiger partial charge in [0.25, 0.3) is 0 Å². The number of hydrogen-bond acceptors (Lipinski definition) is 4. The Bertz CT molecular complexity index is 605. The second-order valence-electron chi connectivity index (χ2n) is 4.67. The molecule has 4 nitrogen and oxygen atoms in total. The van der Waals surface area contributed by atoms with Crippen LogP contribution in [0, 0.1) is 11.3 Å². The van der Waals surface area contributed by atoms with Crippen LogP contribution in [0.15, 0.2) is 42.7 Å². The lowest BCUT2D eigenvalue weighted by atomic mass is 10.1. The molecular formula is C16H17N3O. The summed E-state index contributed by atoms with van der Waals surface area (Å²) >= 11 is 0. The fourth-order valence-corrected chi connectivity index (χ4v) is 2.12. The molecule has 0 N–H and O–H groups in total. The van der Waals surface area contributed by atoms with Crippen molar-refractivity contribution in [3.63, 3.8) is 0 Å². The van der Waals surface area contributed by atoms with Gasteiger partial charge in [-0.2, -0.15) is 5.26 Å². The molecule has 0 aliphatic heterocycles. The van der Waals surface area contributed by atoms with E-state index in [2.05, 4.69) is 16.0 Å². The molecule has 0 aliphatic carbocycles. The van der Waals surface area contributed by atoms with Crippen molar-refractivity contribution in [2.45, 2.75) is 13.1 Å². The summed E-state index contributed by atoms with van der Waals surface area (Å²) in [6, 6.07) is 11.6. The lowest BCUT2D eigenvalue weighted by molar-refractivity contribution is 0.310. The fourth-order valence-electron chi connectivity index (χ4n) is 2.12. The summed E-state index contributed by atoms with van der Waals surface area (Å²) < 4.78 is 5.35. The first-order valence-corrected chi connectivity index (χ1v) is 6.37. The van der Waals surface area contributed by atoms with Crippen LogP contribution in [0.4, 0.5) is 0 Å². The van der Waals surface area contributed by atoms with E-state index >= 15 is 0 Å². The van der Waals surface area contributed by atoms with E-state index in [4.69, 9.17) is 10.00 Å². The van der Waals surface area contributed by atoms with Crippen LogP contribution in [0.5, 0.6) is 5.75 Å². The molecule has 0 saturated carbocycles. The maximum atomic E-state index is 8.98. The van der Waals surface area contributed by atoms with E-state index in [0.717, 1.165) is 24.4 Å². The second-order valence-corrected chi connectivity index (χ2v) is 4.67. The van der Waals surface area contributed by atoms with Gasteiger partial charge in [-0.1, -0.05) is 0 Å². The maximum absolute atomic E-state index is 8.98. The highest BCUT2D eigenvalue weighted by Gasteiger charge is 2.08. The van der Waals surface area contributed by atoms with Crippen LogP contribution < -0.4 is 4.74 Å². The van der Waals surface area contributed by atoms with Crippen LogP contribution in [0.25, 0.3) is 0 Å². The molecule has 0 aliphatic rings. The first-order valence-electron chi connectivity index (χ1n) is 6.37. The van der Waals surface area contributed by atoms with Gasteiger partial charge in [-0.3, -0.25) is 9.88 Å². The molecule has 4 heteroatoms. The molecule has 1 aromatic heterocycles. The summed E-state index contributed by atoms with van der Waals surface area (Å²) in [6.07, 6.45) is 3.58. The highest BCUT2D eigenvalue weighted by molar-refractivity contribution is 5.42. The first-order chi connectivity index (χ1) is 9.72. The molecule has 0 saturated heterocycles. The van der Waals surface area contributed by atoms with Gasteiger partial charge >= 0.3 is 0 Å². The molecule has 0 amide bonds. The van der Waals surface area contributed by atoms with E-state index in [1.807, 2.05) is 31.3 Å². The zero-order valence-electron chi connectivity index (χ0n) is 11.7. The van der Waals surface area contributed by atoms with Gasteiger partial charge < -0.3 is 4.74 Å². The quantitative estimate of drug-likeness (QED) is 0.835. The van der Waals surface area contributed by atoms with Gasteiger partial charge in [0.15, 0.2) is 0 Å². The summed E-state index contributed by atoms with van der Waals surface area (Å²) in [4.78, 5) is 6.19. The number of hydrogen-bond donors (Lipinski definition) is 0. The fraction of sp³-hybridized carbons (Fsp3) is 0.250. The second kappa shape index (κ2) is 6.69. The minimum absolute atomic E-state index is 0.651. The first kappa shape index (κ1) is 14.0. The third kappa shape index (κ3) is 3.56. The van der Waals surface area contributed by atoms with Crippen LogP contribution in [-0.2, 0) is 13.1 Å². The molecule has 0 fully saturated rings. The molecule has 2 aromatic rings. The SMILES string of the molecule is COc1ccc(C#N)cc1CN(C)Cc1ccncc1. The number of nitriles is 1. The molecule has 1 heterocycles.